The van der Waals surface area contributed by atoms with Gasteiger partial charge in [0, 0.05) is 50.5 Å². The minimum absolute atomic E-state index is 0.147. The molecule has 0 atom stereocenters. The average molecular weight is 372 g/mol. The summed E-state index contributed by atoms with van der Waals surface area (Å²) in [7, 11) is 0. The predicted octanol–water partition coefficient (Wildman–Crippen LogP) is 2.48. The zero-order valence-electron chi connectivity index (χ0n) is 15.3. The molecule has 28 heavy (non-hydrogen) atoms. The lowest BCUT2D eigenvalue weighted by atomic mass is 10.2. The van der Waals surface area contributed by atoms with Crippen LogP contribution in [0.25, 0.3) is 5.82 Å². The molecule has 0 aliphatic carbocycles. The van der Waals surface area contributed by atoms with Crippen molar-refractivity contribution in [1.29, 1.82) is 0 Å². The number of hydrogen-bond donors (Lipinski definition) is 1. The number of benzene rings is 1. The first-order valence-corrected chi connectivity index (χ1v) is 9.06. The number of aromatic nitrogens is 5. The summed E-state index contributed by atoms with van der Waals surface area (Å²) in [5.74, 6) is 1.51. The van der Waals surface area contributed by atoms with Crippen LogP contribution in [0.5, 0.6) is 0 Å². The summed E-state index contributed by atoms with van der Waals surface area (Å²) >= 11 is 0. The Bertz CT molecular complexity index is 1020. The molecule has 1 N–H and O–H groups in total. The molecule has 4 aromatic rings. The molecule has 0 saturated carbocycles. The molecule has 0 bridgehead atoms. The van der Waals surface area contributed by atoms with Crippen molar-refractivity contribution in [3.63, 3.8) is 0 Å². The maximum atomic E-state index is 12.3. The van der Waals surface area contributed by atoms with Crippen molar-refractivity contribution in [1.82, 2.24) is 29.4 Å². The molecule has 0 spiro atoms. The molecule has 0 aliphatic rings. The van der Waals surface area contributed by atoms with Crippen molar-refractivity contribution in [2.75, 3.05) is 6.54 Å². The first-order valence-electron chi connectivity index (χ1n) is 9.06. The van der Waals surface area contributed by atoms with Crippen LogP contribution in [0.15, 0.2) is 79.8 Å². The monoisotopic (exact) mass is 372 g/mol. The van der Waals surface area contributed by atoms with Gasteiger partial charge in [0.1, 0.15) is 18.0 Å². The van der Waals surface area contributed by atoms with Gasteiger partial charge >= 0.3 is 0 Å². The predicted molar refractivity (Wildman–Crippen MR) is 105 cm³/mol. The Morgan fingerprint density at radius 1 is 1.00 bits per heavy atom. The third-order valence-electron chi connectivity index (χ3n) is 4.41. The van der Waals surface area contributed by atoms with Crippen LogP contribution in [-0.2, 0) is 13.0 Å². The van der Waals surface area contributed by atoms with E-state index >= 15 is 0 Å². The van der Waals surface area contributed by atoms with Crippen molar-refractivity contribution in [3.8, 4) is 5.82 Å². The van der Waals surface area contributed by atoms with Gasteiger partial charge in [-0.1, -0.05) is 30.3 Å². The van der Waals surface area contributed by atoms with Crippen LogP contribution in [-0.4, -0.2) is 36.5 Å². The van der Waals surface area contributed by atoms with Crippen molar-refractivity contribution >= 4 is 5.91 Å². The zero-order valence-corrected chi connectivity index (χ0v) is 15.3. The topological polar surface area (TPSA) is 77.6 Å². The Hall–Kier alpha value is -3.74. The van der Waals surface area contributed by atoms with E-state index in [1.807, 2.05) is 24.4 Å². The molecular weight excluding hydrogens is 352 g/mol. The first kappa shape index (κ1) is 17.7. The Balaban J connectivity index is 1.32. The van der Waals surface area contributed by atoms with Crippen LogP contribution < -0.4 is 5.32 Å². The molecule has 0 radical (unpaired) electrons. The van der Waals surface area contributed by atoms with Crippen molar-refractivity contribution < 1.29 is 4.79 Å². The summed E-state index contributed by atoms with van der Waals surface area (Å²) in [4.78, 5) is 25.1. The molecule has 140 valence electrons. The number of amides is 1. The third kappa shape index (κ3) is 4.15. The fourth-order valence-electron chi connectivity index (χ4n) is 2.95. The van der Waals surface area contributed by atoms with Gasteiger partial charge in [-0.25, -0.2) is 15.0 Å². The van der Waals surface area contributed by atoms with Crippen molar-refractivity contribution in [2.24, 2.45) is 0 Å². The maximum Gasteiger partial charge on any atom is 0.252 e. The van der Waals surface area contributed by atoms with Gasteiger partial charge in [-0.3, -0.25) is 9.36 Å². The van der Waals surface area contributed by atoms with E-state index in [2.05, 4.69) is 37.0 Å². The fourth-order valence-corrected chi connectivity index (χ4v) is 2.95. The molecule has 3 heterocycles. The lowest BCUT2D eigenvalue weighted by molar-refractivity contribution is 0.0953. The number of pyridine rings is 1. The molecule has 4 rings (SSSR count). The number of imidazole rings is 2. The smallest absolute Gasteiger partial charge is 0.252 e. The molecule has 0 unspecified atom stereocenters. The first-order chi connectivity index (χ1) is 13.8. The number of carbonyl (C=O) groups excluding carboxylic acids is 1. The Labute approximate surface area is 162 Å². The summed E-state index contributed by atoms with van der Waals surface area (Å²) in [5.41, 5.74) is 1.74. The van der Waals surface area contributed by atoms with Crippen LogP contribution in [0, 0.1) is 0 Å². The molecule has 7 heteroatoms. The van der Waals surface area contributed by atoms with E-state index in [4.69, 9.17) is 0 Å². The van der Waals surface area contributed by atoms with Crippen LogP contribution >= 0.6 is 0 Å². The highest BCUT2D eigenvalue weighted by Crippen LogP contribution is 2.07. The molecule has 0 saturated heterocycles. The van der Waals surface area contributed by atoms with Crippen molar-refractivity contribution in [3.05, 3.63) is 96.7 Å². The quantitative estimate of drug-likeness (QED) is 0.541. The third-order valence-corrected chi connectivity index (χ3v) is 4.41. The van der Waals surface area contributed by atoms with Gasteiger partial charge in [0.15, 0.2) is 0 Å². The summed E-state index contributed by atoms with van der Waals surface area (Å²) in [5, 5.41) is 2.93. The molecular formula is C21H20N6O. The van der Waals surface area contributed by atoms with Gasteiger partial charge < -0.3 is 9.88 Å². The Morgan fingerprint density at radius 3 is 2.64 bits per heavy atom. The molecule has 0 aliphatic heterocycles. The Morgan fingerprint density at radius 2 is 1.89 bits per heavy atom. The molecule has 0 fully saturated rings. The van der Waals surface area contributed by atoms with Gasteiger partial charge in [0.05, 0.1) is 5.56 Å². The molecule has 1 aromatic carbocycles. The average Bonchev–Trinajstić information content (AvgIpc) is 3.42. The number of nitrogens with zero attached hydrogens (tertiary/aromatic N) is 5. The fraction of sp³-hybridized carbons (Fsp3) is 0.143. The van der Waals surface area contributed by atoms with Crippen LogP contribution in [0.3, 0.4) is 0 Å². The minimum atomic E-state index is -0.147. The van der Waals surface area contributed by atoms with Gasteiger partial charge in [-0.2, -0.15) is 0 Å². The number of rotatable bonds is 7. The lowest BCUT2D eigenvalue weighted by Crippen LogP contribution is -2.26. The summed E-state index contributed by atoms with van der Waals surface area (Å²) in [6.07, 6.45) is 11.1. The summed E-state index contributed by atoms with van der Waals surface area (Å²) < 4.78 is 3.89. The van der Waals surface area contributed by atoms with Crippen molar-refractivity contribution in [2.45, 2.75) is 13.0 Å². The summed E-state index contributed by atoms with van der Waals surface area (Å²) in [6.45, 7) is 1.28. The standard InChI is InChI=1S/C21H20N6O/c28-21(18-6-7-19(25-14-18)27-12-10-22-16-27)24-9-8-20-23-11-13-26(20)15-17-4-2-1-3-5-17/h1-7,10-14,16H,8-9,15H2,(H,24,28). The van der Waals surface area contributed by atoms with E-state index in [1.54, 1.807) is 47.8 Å². The van der Waals surface area contributed by atoms with E-state index in [9.17, 15) is 4.79 Å². The summed E-state index contributed by atoms with van der Waals surface area (Å²) in [6, 6.07) is 13.8. The normalized spacial score (nSPS) is 10.7. The zero-order chi connectivity index (χ0) is 19.2. The van der Waals surface area contributed by atoms with Gasteiger partial charge in [-0.05, 0) is 17.7 Å². The number of nitrogens with one attached hydrogen (secondary N) is 1. The molecule has 3 aromatic heterocycles. The highest BCUT2D eigenvalue weighted by atomic mass is 16.1. The largest absolute Gasteiger partial charge is 0.352 e. The van der Waals surface area contributed by atoms with E-state index in [1.165, 1.54) is 5.56 Å². The minimum Gasteiger partial charge on any atom is -0.352 e. The van der Waals surface area contributed by atoms with Gasteiger partial charge in [0.25, 0.3) is 5.91 Å². The van der Waals surface area contributed by atoms with Gasteiger partial charge in [-0.15, -0.1) is 0 Å². The number of hydrogen-bond acceptors (Lipinski definition) is 4. The lowest BCUT2D eigenvalue weighted by Gasteiger charge is -2.09. The van der Waals surface area contributed by atoms with E-state index in [-0.39, 0.29) is 5.91 Å². The van der Waals surface area contributed by atoms with Crippen LogP contribution in [0.1, 0.15) is 21.7 Å². The second-order valence-electron chi connectivity index (χ2n) is 6.34. The Kier molecular flexibility index (Phi) is 5.24. The highest BCUT2D eigenvalue weighted by Gasteiger charge is 2.08. The van der Waals surface area contributed by atoms with Crippen LogP contribution in [0.2, 0.25) is 0 Å². The second-order valence-corrected chi connectivity index (χ2v) is 6.34. The highest BCUT2D eigenvalue weighted by molar-refractivity contribution is 5.93. The van der Waals surface area contributed by atoms with E-state index in [0.29, 0.717) is 18.5 Å². The maximum absolute atomic E-state index is 12.3. The van der Waals surface area contributed by atoms with E-state index in [0.717, 1.165) is 18.2 Å². The van der Waals surface area contributed by atoms with E-state index < -0.39 is 0 Å². The molecule has 1 amide bonds. The van der Waals surface area contributed by atoms with Crippen LogP contribution in [0.4, 0.5) is 0 Å². The second kappa shape index (κ2) is 8.30. The van der Waals surface area contributed by atoms with Gasteiger partial charge in [0.2, 0.25) is 0 Å². The SMILES string of the molecule is O=C(NCCc1nccn1Cc1ccccc1)c1ccc(-n2ccnc2)nc1. The number of carbonyl (C=O) groups is 1. The molecule has 7 nitrogen and oxygen atoms in total.